The molecule has 7 nitrogen and oxygen atoms in total. The standard InChI is InChI=1S/C24H19ClF2N6O/c1-2-18(34)32-6-8-33(9-7-32)24-14-11-15(25)20(21(27)22(14)29-12-30-24)23-19-13(10-17(28)31-23)4-3-5-16(19)26/h2-5,10-12H,1,6-9H2,(H2,28,31). The Bertz CT molecular complexity index is 1470. The van der Waals surface area contributed by atoms with Crippen LogP contribution in [0.25, 0.3) is 32.9 Å². The van der Waals surface area contributed by atoms with Crippen molar-refractivity contribution in [3.63, 3.8) is 0 Å². The molecule has 1 amide bonds. The number of hydrogen-bond acceptors (Lipinski definition) is 6. The van der Waals surface area contributed by atoms with Crippen LogP contribution < -0.4 is 10.6 Å². The summed E-state index contributed by atoms with van der Waals surface area (Å²) in [4.78, 5) is 28.2. The van der Waals surface area contributed by atoms with Crippen LogP contribution in [-0.2, 0) is 4.79 Å². The molecule has 1 saturated heterocycles. The van der Waals surface area contributed by atoms with Gasteiger partial charge in [0.1, 0.15) is 29.3 Å². The highest BCUT2D eigenvalue weighted by atomic mass is 35.5. The van der Waals surface area contributed by atoms with Crippen LogP contribution in [0, 0.1) is 11.6 Å². The second-order valence-corrected chi connectivity index (χ2v) is 8.30. The van der Waals surface area contributed by atoms with Gasteiger partial charge in [-0.05, 0) is 29.7 Å². The van der Waals surface area contributed by atoms with Gasteiger partial charge in [0.25, 0.3) is 0 Å². The number of nitrogen functional groups attached to an aromatic ring is 1. The Hall–Kier alpha value is -3.85. The minimum absolute atomic E-state index is 0.00853. The van der Waals surface area contributed by atoms with Gasteiger partial charge in [0.15, 0.2) is 5.82 Å². The van der Waals surface area contributed by atoms with E-state index in [1.807, 2.05) is 4.90 Å². The summed E-state index contributed by atoms with van der Waals surface area (Å²) in [5.41, 5.74) is 5.88. The lowest BCUT2D eigenvalue weighted by Gasteiger charge is -2.35. The smallest absolute Gasteiger partial charge is 0.246 e. The van der Waals surface area contributed by atoms with Crippen molar-refractivity contribution in [1.82, 2.24) is 19.9 Å². The molecular weight excluding hydrogens is 462 g/mol. The van der Waals surface area contributed by atoms with Crippen molar-refractivity contribution < 1.29 is 13.6 Å². The Labute approximate surface area is 198 Å². The summed E-state index contributed by atoms with van der Waals surface area (Å²) in [6.45, 7) is 5.47. The normalized spacial score (nSPS) is 14.1. The van der Waals surface area contributed by atoms with E-state index in [2.05, 4.69) is 21.5 Å². The van der Waals surface area contributed by atoms with Gasteiger partial charge >= 0.3 is 0 Å². The Kier molecular flexibility index (Phi) is 5.49. The molecular formula is C24H19ClF2N6O. The van der Waals surface area contributed by atoms with Gasteiger partial charge in [-0.15, -0.1) is 0 Å². The average molecular weight is 481 g/mol. The van der Waals surface area contributed by atoms with Gasteiger partial charge in [-0.2, -0.15) is 0 Å². The molecule has 1 aliphatic heterocycles. The van der Waals surface area contributed by atoms with E-state index < -0.39 is 11.6 Å². The predicted molar refractivity (Wildman–Crippen MR) is 129 cm³/mol. The monoisotopic (exact) mass is 480 g/mol. The molecule has 10 heteroatoms. The summed E-state index contributed by atoms with van der Waals surface area (Å²) in [5, 5.41) is 1.04. The quantitative estimate of drug-likeness (QED) is 0.442. The highest BCUT2D eigenvalue weighted by Gasteiger charge is 2.26. The Morgan fingerprint density at radius 2 is 1.91 bits per heavy atom. The summed E-state index contributed by atoms with van der Waals surface area (Å²) in [6, 6.07) is 7.56. The zero-order chi connectivity index (χ0) is 24.0. The number of pyridine rings is 1. The molecule has 3 heterocycles. The summed E-state index contributed by atoms with van der Waals surface area (Å²) in [7, 11) is 0. The maximum absolute atomic E-state index is 15.9. The van der Waals surface area contributed by atoms with Gasteiger partial charge in [-0.1, -0.05) is 30.3 Å². The highest BCUT2D eigenvalue weighted by Crippen LogP contribution is 2.40. The molecule has 1 fully saturated rings. The number of nitrogens with two attached hydrogens (primary N) is 1. The van der Waals surface area contributed by atoms with Crippen molar-refractivity contribution in [3.8, 4) is 11.3 Å². The van der Waals surface area contributed by atoms with Crippen LogP contribution in [-0.4, -0.2) is 51.9 Å². The number of anilines is 2. The lowest BCUT2D eigenvalue weighted by molar-refractivity contribution is -0.126. The number of fused-ring (bicyclic) bond motifs is 2. The lowest BCUT2D eigenvalue weighted by atomic mass is 10.0. The number of nitrogens with zero attached hydrogens (tertiary/aromatic N) is 5. The van der Waals surface area contributed by atoms with Gasteiger partial charge in [0.2, 0.25) is 5.91 Å². The molecule has 0 unspecified atom stereocenters. The number of hydrogen-bond donors (Lipinski definition) is 1. The topological polar surface area (TPSA) is 88.2 Å². The molecule has 1 aliphatic rings. The molecule has 0 radical (unpaired) electrons. The summed E-state index contributed by atoms with van der Waals surface area (Å²) < 4.78 is 30.7. The average Bonchev–Trinajstić information content (AvgIpc) is 2.83. The zero-order valence-electron chi connectivity index (χ0n) is 17.9. The van der Waals surface area contributed by atoms with E-state index in [9.17, 15) is 9.18 Å². The second-order valence-electron chi connectivity index (χ2n) is 7.89. The molecule has 5 rings (SSSR count). The van der Waals surface area contributed by atoms with Crippen molar-refractivity contribution >= 4 is 50.8 Å². The molecule has 0 aliphatic carbocycles. The van der Waals surface area contributed by atoms with E-state index in [0.717, 1.165) is 0 Å². The van der Waals surface area contributed by atoms with E-state index in [1.54, 1.807) is 23.1 Å². The Morgan fingerprint density at radius 3 is 2.65 bits per heavy atom. The van der Waals surface area contributed by atoms with Gasteiger partial charge in [0, 0.05) is 37.0 Å². The van der Waals surface area contributed by atoms with Crippen LogP contribution in [0.15, 0.2) is 49.3 Å². The summed E-state index contributed by atoms with van der Waals surface area (Å²) in [6.07, 6.45) is 2.55. The van der Waals surface area contributed by atoms with Gasteiger partial charge in [-0.3, -0.25) is 4.79 Å². The van der Waals surface area contributed by atoms with E-state index in [4.69, 9.17) is 17.3 Å². The Morgan fingerprint density at radius 1 is 1.15 bits per heavy atom. The fourth-order valence-corrected chi connectivity index (χ4v) is 4.60. The maximum atomic E-state index is 15.9. The molecule has 0 spiro atoms. The molecule has 34 heavy (non-hydrogen) atoms. The number of benzene rings is 2. The van der Waals surface area contributed by atoms with Crippen LogP contribution in [0.3, 0.4) is 0 Å². The highest BCUT2D eigenvalue weighted by molar-refractivity contribution is 6.34. The molecule has 4 aromatic rings. The fraction of sp³-hybridized carbons (Fsp3) is 0.167. The van der Waals surface area contributed by atoms with Crippen molar-refractivity contribution in [2.75, 3.05) is 36.8 Å². The third-order valence-electron chi connectivity index (χ3n) is 5.93. The van der Waals surface area contributed by atoms with Crippen LogP contribution in [0.2, 0.25) is 5.02 Å². The van der Waals surface area contributed by atoms with E-state index in [-0.39, 0.29) is 38.9 Å². The van der Waals surface area contributed by atoms with Crippen molar-refractivity contribution in [3.05, 3.63) is 66.0 Å². The van der Waals surface area contributed by atoms with Gasteiger partial charge < -0.3 is 15.5 Å². The van der Waals surface area contributed by atoms with E-state index in [1.165, 1.54) is 24.5 Å². The van der Waals surface area contributed by atoms with Crippen molar-refractivity contribution in [2.24, 2.45) is 0 Å². The number of halogens is 3. The molecule has 0 atom stereocenters. The van der Waals surface area contributed by atoms with Crippen LogP contribution in [0.5, 0.6) is 0 Å². The SMILES string of the molecule is C=CC(=O)N1CCN(c2ncnc3c(F)c(-c4nc(N)cc5cccc(F)c45)c(Cl)cc23)CC1. The summed E-state index contributed by atoms with van der Waals surface area (Å²) >= 11 is 6.56. The molecule has 2 aromatic heterocycles. The van der Waals surface area contributed by atoms with Crippen molar-refractivity contribution in [2.45, 2.75) is 0 Å². The van der Waals surface area contributed by atoms with Crippen molar-refractivity contribution in [1.29, 1.82) is 0 Å². The predicted octanol–water partition coefficient (Wildman–Crippen LogP) is 4.19. The maximum Gasteiger partial charge on any atom is 0.246 e. The molecule has 0 bridgehead atoms. The number of carbonyl (C=O) groups excluding carboxylic acids is 1. The number of rotatable bonds is 3. The minimum atomic E-state index is -0.741. The third-order valence-corrected chi connectivity index (χ3v) is 6.23. The molecule has 0 saturated carbocycles. The fourth-order valence-electron chi connectivity index (χ4n) is 4.32. The minimum Gasteiger partial charge on any atom is -0.384 e. The van der Waals surface area contributed by atoms with E-state index >= 15 is 4.39 Å². The molecule has 2 aromatic carbocycles. The summed E-state index contributed by atoms with van der Waals surface area (Å²) in [5.74, 6) is -0.834. The first kappa shape index (κ1) is 22.0. The van der Waals surface area contributed by atoms with Crippen LogP contribution >= 0.6 is 11.6 Å². The first-order valence-electron chi connectivity index (χ1n) is 10.5. The number of aromatic nitrogens is 3. The molecule has 172 valence electrons. The Balaban J connectivity index is 1.64. The first-order valence-corrected chi connectivity index (χ1v) is 10.9. The largest absolute Gasteiger partial charge is 0.384 e. The van der Waals surface area contributed by atoms with Gasteiger partial charge in [-0.25, -0.2) is 23.7 Å². The number of carbonyl (C=O) groups is 1. The first-order chi connectivity index (χ1) is 16.4. The zero-order valence-corrected chi connectivity index (χ0v) is 18.7. The van der Waals surface area contributed by atoms with Crippen LogP contribution in [0.4, 0.5) is 20.4 Å². The third kappa shape index (κ3) is 3.58. The number of piperazine rings is 1. The lowest BCUT2D eigenvalue weighted by Crippen LogP contribution is -2.48. The molecule has 2 N–H and O–H groups in total. The van der Waals surface area contributed by atoms with E-state index in [0.29, 0.717) is 42.8 Å². The number of amides is 1. The van der Waals surface area contributed by atoms with Crippen LogP contribution in [0.1, 0.15) is 0 Å². The van der Waals surface area contributed by atoms with Gasteiger partial charge in [0.05, 0.1) is 16.3 Å². The second kappa shape index (κ2) is 8.49.